The van der Waals surface area contributed by atoms with Gasteiger partial charge in [-0.3, -0.25) is 9.78 Å². The van der Waals surface area contributed by atoms with Crippen molar-refractivity contribution in [2.75, 3.05) is 0 Å². The van der Waals surface area contributed by atoms with Crippen molar-refractivity contribution in [1.29, 1.82) is 0 Å². The molecule has 1 N–H and O–H groups in total. The van der Waals surface area contributed by atoms with Crippen LogP contribution in [0.15, 0.2) is 54.7 Å². The summed E-state index contributed by atoms with van der Waals surface area (Å²) >= 11 is 1.42. The third-order valence-electron chi connectivity index (χ3n) is 3.84. The summed E-state index contributed by atoms with van der Waals surface area (Å²) in [6, 6.07) is 15.8. The monoisotopic (exact) mass is 333 g/mol. The van der Waals surface area contributed by atoms with Gasteiger partial charge in [0.25, 0.3) is 5.91 Å². The van der Waals surface area contributed by atoms with Crippen LogP contribution in [-0.4, -0.2) is 15.9 Å². The number of thiophene rings is 1. The molecule has 0 aliphatic heterocycles. The van der Waals surface area contributed by atoms with Gasteiger partial charge in [0.05, 0.1) is 22.6 Å². The minimum absolute atomic E-state index is 0.0936. The number of nitrogens with one attached hydrogen (secondary N) is 1. The molecule has 0 aliphatic rings. The van der Waals surface area contributed by atoms with Crippen LogP contribution in [0.5, 0.6) is 0 Å². The van der Waals surface area contributed by atoms with Gasteiger partial charge < -0.3 is 5.32 Å². The number of hydrogen-bond acceptors (Lipinski definition) is 4. The molecule has 0 radical (unpaired) electrons. The number of pyridine rings is 2. The summed E-state index contributed by atoms with van der Waals surface area (Å²) < 4.78 is 0. The van der Waals surface area contributed by atoms with Crippen LogP contribution in [0.25, 0.3) is 21.1 Å². The Bertz CT molecular complexity index is 1040. The lowest BCUT2D eigenvalue weighted by Gasteiger charge is -2.02. The minimum Gasteiger partial charge on any atom is -0.346 e. The van der Waals surface area contributed by atoms with Crippen LogP contribution >= 0.6 is 11.3 Å². The van der Waals surface area contributed by atoms with E-state index in [1.165, 1.54) is 16.9 Å². The fraction of sp³-hybridized carbons (Fsp3) is 0.105. The van der Waals surface area contributed by atoms with E-state index in [1.807, 2.05) is 30.3 Å². The summed E-state index contributed by atoms with van der Waals surface area (Å²) in [6.07, 6.45) is 1.72. The van der Waals surface area contributed by atoms with Gasteiger partial charge in [0.1, 0.15) is 4.83 Å². The molecule has 4 nitrogen and oxygen atoms in total. The van der Waals surface area contributed by atoms with Gasteiger partial charge >= 0.3 is 0 Å². The number of aryl methyl sites for hydroxylation is 1. The largest absolute Gasteiger partial charge is 0.346 e. The van der Waals surface area contributed by atoms with E-state index in [9.17, 15) is 4.79 Å². The van der Waals surface area contributed by atoms with Gasteiger partial charge in [-0.25, -0.2) is 4.98 Å². The highest BCUT2D eigenvalue weighted by Crippen LogP contribution is 2.27. The summed E-state index contributed by atoms with van der Waals surface area (Å²) in [5, 5.41) is 5.01. The molecule has 24 heavy (non-hydrogen) atoms. The molecule has 0 bridgehead atoms. The molecule has 118 valence electrons. The highest BCUT2D eigenvalue weighted by atomic mass is 32.1. The minimum atomic E-state index is -0.0936. The average molecular weight is 333 g/mol. The van der Waals surface area contributed by atoms with Gasteiger partial charge in [0, 0.05) is 17.0 Å². The molecule has 3 aromatic heterocycles. The Morgan fingerprint density at radius 3 is 2.88 bits per heavy atom. The maximum Gasteiger partial charge on any atom is 0.261 e. The van der Waals surface area contributed by atoms with Crippen molar-refractivity contribution in [3.05, 3.63) is 70.9 Å². The number of carbonyl (C=O) groups is 1. The number of nitrogens with zero attached hydrogens (tertiary/aromatic N) is 2. The quantitative estimate of drug-likeness (QED) is 0.614. The first-order valence-electron chi connectivity index (χ1n) is 7.68. The van der Waals surface area contributed by atoms with Gasteiger partial charge in [0.2, 0.25) is 0 Å². The molecule has 0 aliphatic carbocycles. The van der Waals surface area contributed by atoms with Crippen molar-refractivity contribution >= 4 is 38.4 Å². The summed E-state index contributed by atoms with van der Waals surface area (Å²) in [7, 11) is 0. The number of benzene rings is 1. The molecule has 1 aromatic carbocycles. The fourth-order valence-electron chi connectivity index (χ4n) is 2.63. The van der Waals surface area contributed by atoms with Crippen molar-refractivity contribution in [1.82, 2.24) is 15.3 Å². The van der Waals surface area contributed by atoms with Crippen LogP contribution in [0.1, 0.15) is 20.9 Å². The van der Waals surface area contributed by atoms with Crippen LogP contribution in [0.3, 0.4) is 0 Å². The standard InChI is InChI=1S/C19H15N3OS/c1-12-5-6-16-13(8-12)9-14-10-17(24-19(14)22-16)18(23)21-11-15-4-2-3-7-20-15/h2-10H,11H2,1H3,(H,21,23). The maximum atomic E-state index is 12.4. The van der Waals surface area contributed by atoms with Gasteiger partial charge in [-0.2, -0.15) is 0 Å². The molecule has 0 fully saturated rings. The van der Waals surface area contributed by atoms with Gasteiger partial charge in [-0.05, 0) is 43.3 Å². The van der Waals surface area contributed by atoms with Crippen molar-refractivity contribution in [3.8, 4) is 0 Å². The SMILES string of the molecule is Cc1ccc2nc3sc(C(=O)NCc4ccccn4)cc3cc2c1. The first-order valence-corrected chi connectivity index (χ1v) is 8.50. The van der Waals surface area contributed by atoms with Crippen molar-refractivity contribution in [2.45, 2.75) is 13.5 Å². The summed E-state index contributed by atoms with van der Waals surface area (Å²) in [5.74, 6) is -0.0936. The van der Waals surface area contributed by atoms with Gasteiger partial charge in [0.15, 0.2) is 0 Å². The van der Waals surface area contributed by atoms with Crippen LogP contribution in [0, 0.1) is 6.92 Å². The Morgan fingerprint density at radius 2 is 2.04 bits per heavy atom. The number of aromatic nitrogens is 2. The Balaban J connectivity index is 1.62. The third kappa shape index (κ3) is 2.86. The zero-order chi connectivity index (χ0) is 16.5. The van der Waals surface area contributed by atoms with Crippen LogP contribution in [0.4, 0.5) is 0 Å². The molecule has 0 spiro atoms. The van der Waals surface area contributed by atoms with E-state index in [0.717, 1.165) is 26.8 Å². The predicted molar refractivity (Wildman–Crippen MR) is 97.3 cm³/mol. The Kier molecular flexibility index (Phi) is 3.70. The fourth-order valence-corrected chi connectivity index (χ4v) is 3.57. The second kappa shape index (κ2) is 6.02. The number of fused-ring (bicyclic) bond motifs is 2. The van der Waals surface area contributed by atoms with E-state index in [0.29, 0.717) is 11.4 Å². The van der Waals surface area contributed by atoms with E-state index < -0.39 is 0 Å². The number of amides is 1. The van der Waals surface area contributed by atoms with E-state index in [4.69, 9.17) is 0 Å². The molecule has 5 heteroatoms. The van der Waals surface area contributed by atoms with Gasteiger partial charge in [-0.15, -0.1) is 11.3 Å². The predicted octanol–water partition coefficient (Wildman–Crippen LogP) is 4.08. The van der Waals surface area contributed by atoms with Crippen LogP contribution in [0.2, 0.25) is 0 Å². The maximum absolute atomic E-state index is 12.4. The van der Waals surface area contributed by atoms with E-state index in [1.54, 1.807) is 6.20 Å². The molecule has 0 saturated carbocycles. The molecule has 1 amide bonds. The van der Waals surface area contributed by atoms with Gasteiger partial charge in [-0.1, -0.05) is 17.7 Å². The van der Waals surface area contributed by atoms with E-state index >= 15 is 0 Å². The lowest BCUT2D eigenvalue weighted by atomic mass is 10.1. The number of carbonyl (C=O) groups excluding carboxylic acids is 1. The summed E-state index contributed by atoms with van der Waals surface area (Å²) in [5.41, 5.74) is 2.99. The van der Waals surface area contributed by atoms with Crippen molar-refractivity contribution in [3.63, 3.8) is 0 Å². The molecule has 4 rings (SSSR count). The first-order chi connectivity index (χ1) is 11.7. The Hall–Kier alpha value is -2.79. The average Bonchev–Trinajstić information content (AvgIpc) is 3.01. The Morgan fingerprint density at radius 1 is 1.12 bits per heavy atom. The zero-order valence-electron chi connectivity index (χ0n) is 13.1. The van der Waals surface area contributed by atoms with E-state index in [2.05, 4.69) is 40.4 Å². The van der Waals surface area contributed by atoms with E-state index in [-0.39, 0.29) is 5.91 Å². The molecule has 0 saturated heterocycles. The molecule has 4 aromatic rings. The second-order valence-electron chi connectivity index (χ2n) is 5.69. The topological polar surface area (TPSA) is 54.9 Å². The first kappa shape index (κ1) is 14.8. The van der Waals surface area contributed by atoms with Crippen molar-refractivity contribution < 1.29 is 4.79 Å². The molecule has 0 unspecified atom stereocenters. The number of rotatable bonds is 3. The van der Waals surface area contributed by atoms with Crippen molar-refractivity contribution in [2.24, 2.45) is 0 Å². The van der Waals surface area contributed by atoms with Crippen LogP contribution < -0.4 is 5.32 Å². The smallest absolute Gasteiger partial charge is 0.261 e. The third-order valence-corrected chi connectivity index (χ3v) is 4.88. The zero-order valence-corrected chi connectivity index (χ0v) is 13.9. The Labute approximate surface area is 143 Å². The lowest BCUT2D eigenvalue weighted by Crippen LogP contribution is -2.22. The van der Waals surface area contributed by atoms with Crippen LogP contribution in [-0.2, 0) is 6.54 Å². The second-order valence-corrected chi connectivity index (χ2v) is 6.72. The highest BCUT2D eigenvalue weighted by Gasteiger charge is 2.12. The normalized spacial score (nSPS) is 11.0. The molecular weight excluding hydrogens is 318 g/mol. The summed E-state index contributed by atoms with van der Waals surface area (Å²) in [6.45, 7) is 2.48. The molecular formula is C19H15N3OS. The number of hydrogen-bond donors (Lipinski definition) is 1. The summed E-state index contributed by atoms with van der Waals surface area (Å²) in [4.78, 5) is 22.8. The highest BCUT2D eigenvalue weighted by molar-refractivity contribution is 7.20. The molecule has 3 heterocycles. The molecule has 0 atom stereocenters. The lowest BCUT2D eigenvalue weighted by molar-refractivity contribution is 0.0954.